The van der Waals surface area contributed by atoms with E-state index in [1.54, 1.807) is 0 Å². The first-order valence-corrected chi connectivity index (χ1v) is 7.79. The van der Waals surface area contributed by atoms with E-state index in [1.165, 1.54) is 12.0 Å². The molecule has 0 amide bonds. The van der Waals surface area contributed by atoms with Gasteiger partial charge in [0.1, 0.15) is 0 Å². The number of hydrogen-bond acceptors (Lipinski definition) is 2. The Balaban J connectivity index is 2.78. The van der Waals surface area contributed by atoms with E-state index in [9.17, 15) is 0 Å². The van der Waals surface area contributed by atoms with Crippen molar-refractivity contribution in [3.8, 4) is 0 Å². The quantitative estimate of drug-likeness (QED) is 0.751. The molecule has 0 bridgehead atoms. The Kier molecular flexibility index (Phi) is 7.25. The molecule has 0 heterocycles. The van der Waals surface area contributed by atoms with Crippen molar-refractivity contribution in [3.05, 3.63) is 35.9 Å². The van der Waals surface area contributed by atoms with Crippen molar-refractivity contribution in [3.63, 3.8) is 0 Å². The summed E-state index contributed by atoms with van der Waals surface area (Å²) in [6.07, 6.45) is 3.61. The molecule has 2 heteroatoms. The molecule has 1 rings (SSSR count). The van der Waals surface area contributed by atoms with Gasteiger partial charge in [-0.25, -0.2) is 0 Å². The SMILES string of the molecule is CCCNC(CCC(C)(C)C)C(OC)c1ccccc1. The van der Waals surface area contributed by atoms with Crippen LogP contribution < -0.4 is 5.32 Å². The second-order valence-corrected chi connectivity index (χ2v) is 6.73. The summed E-state index contributed by atoms with van der Waals surface area (Å²) in [7, 11) is 1.81. The molecular weight excluding hydrogens is 246 g/mol. The molecular formula is C18H31NO. The Morgan fingerprint density at radius 2 is 1.80 bits per heavy atom. The normalized spacial score (nSPS) is 15.1. The number of benzene rings is 1. The summed E-state index contributed by atoms with van der Waals surface area (Å²) >= 11 is 0. The van der Waals surface area contributed by atoms with Gasteiger partial charge in [-0.05, 0) is 36.8 Å². The molecule has 2 atom stereocenters. The van der Waals surface area contributed by atoms with Crippen LogP contribution in [0.2, 0.25) is 0 Å². The fourth-order valence-corrected chi connectivity index (χ4v) is 2.45. The molecule has 0 saturated carbocycles. The highest BCUT2D eigenvalue weighted by Crippen LogP contribution is 2.28. The third-order valence-electron chi connectivity index (χ3n) is 3.61. The van der Waals surface area contributed by atoms with Gasteiger partial charge in [0.2, 0.25) is 0 Å². The van der Waals surface area contributed by atoms with Gasteiger partial charge in [0, 0.05) is 13.2 Å². The smallest absolute Gasteiger partial charge is 0.0973 e. The van der Waals surface area contributed by atoms with Crippen molar-refractivity contribution >= 4 is 0 Å². The average molecular weight is 277 g/mol. The minimum atomic E-state index is 0.130. The molecule has 0 aromatic heterocycles. The Morgan fingerprint density at radius 1 is 1.15 bits per heavy atom. The van der Waals surface area contributed by atoms with Gasteiger partial charge in [0.15, 0.2) is 0 Å². The number of ether oxygens (including phenoxy) is 1. The largest absolute Gasteiger partial charge is 0.375 e. The van der Waals surface area contributed by atoms with E-state index in [-0.39, 0.29) is 6.10 Å². The molecule has 1 aromatic carbocycles. The fraction of sp³-hybridized carbons (Fsp3) is 0.667. The first kappa shape index (κ1) is 17.2. The molecule has 20 heavy (non-hydrogen) atoms. The summed E-state index contributed by atoms with van der Waals surface area (Å²) in [5.74, 6) is 0. The second-order valence-electron chi connectivity index (χ2n) is 6.73. The fourth-order valence-electron chi connectivity index (χ4n) is 2.45. The zero-order valence-corrected chi connectivity index (χ0v) is 13.8. The molecule has 0 saturated heterocycles. The van der Waals surface area contributed by atoms with Crippen LogP contribution in [0.5, 0.6) is 0 Å². The van der Waals surface area contributed by atoms with Crippen molar-refractivity contribution in [2.75, 3.05) is 13.7 Å². The van der Waals surface area contributed by atoms with Crippen LogP contribution in [0.15, 0.2) is 30.3 Å². The maximum absolute atomic E-state index is 5.80. The molecule has 2 nitrogen and oxygen atoms in total. The second kappa shape index (κ2) is 8.43. The molecule has 1 N–H and O–H groups in total. The van der Waals surface area contributed by atoms with Gasteiger partial charge in [0.05, 0.1) is 6.10 Å². The van der Waals surface area contributed by atoms with Crippen LogP contribution in [-0.2, 0) is 4.74 Å². The Hall–Kier alpha value is -0.860. The Bertz CT molecular complexity index is 355. The topological polar surface area (TPSA) is 21.3 Å². The molecule has 0 radical (unpaired) electrons. The highest BCUT2D eigenvalue weighted by molar-refractivity contribution is 5.19. The summed E-state index contributed by atoms with van der Waals surface area (Å²) in [5.41, 5.74) is 1.62. The van der Waals surface area contributed by atoms with Gasteiger partial charge in [0.25, 0.3) is 0 Å². The Morgan fingerprint density at radius 3 is 2.30 bits per heavy atom. The molecule has 114 valence electrons. The van der Waals surface area contributed by atoms with E-state index in [4.69, 9.17) is 4.74 Å². The van der Waals surface area contributed by atoms with Gasteiger partial charge < -0.3 is 10.1 Å². The minimum absolute atomic E-state index is 0.130. The summed E-state index contributed by atoms with van der Waals surface area (Å²) in [5, 5.41) is 3.67. The predicted molar refractivity (Wildman–Crippen MR) is 87.0 cm³/mol. The van der Waals surface area contributed by atoms with Crippen LogP contribution in [0.4, 0.5) is 0 Å². The van der Waals surface area contributed by atoms with Gasteiger partial charge >= 0.3 is 0 Å². The summed E-state index contributed by atoms with van der Waals surface area (Å²) in [4.78, 5) is 0. The highest BCUT2D eigenvalue weighted by Gasteiger charge is 2.24. The predicted octanol–water partition coefficient (Wildman–Crippen LogP) is 4.57. The summed E-state index contributed by atoms with van der Waals surface area (Å²) in [6, 6.07) is 10.9. The van der Waals surface area contributed by atoms with Gasteiger partial charge in [-0.3, -0.25) is 0 Å². The summed E-state index contributed by atoms with van der Waals surface area (Å²) < 4.78 is 5.80. The molecule has 0 aliphatic carbocycles. The number of methoxy groups -OCH3 is 1. The monoisotopic (exact) mass is 277 g/mol. The van der Waals surface area contributed by atoms with Crippen molar-refractivity contribution in [2.45, 2.75) is 59.1 Å². The van der Waals surface area contributed by atoms with Crippen LogP contribution >= 0.6 is 0 Å². The van der Waals surface area contributed by atoms with Gasteiger partial charge in [-0.15, -0.1) is 0 Å². The van der Waals surface area contributed by atoms with Gasteiger partial charge in [-0.2, -0.15) is 0 Å². The molecule has 0 fully saturated rings. The molecule has 0 spiro atoms. The standard InChI is InChI=1S/C18H31NO/c1-6-14-19-16(12-13-18(2,3)4)17(20-5)15-10-8-7-9-11-15/h7-11,16-17,19H,6,12-14H2,1-5H3. The van der Waals surface area contributed by atoms with Crippen molar-refractivity contribution in [1.29, 1.82) is 0 Å². The first-order valence-electron chi connectivity index (χ1n) is 7.79. The zero-order valence-electron chi connectivity index (χ0n) is 13.8. The van der Waals surface area contributed by atoms with Crippen LogP contribution in [0.25, 0.3) is 0 Å². The third kappa shape index (κ3) is 6.06. The summed E-state index contributed by atoms with van der Waals surface area (Å²) in [6.45, 7) is 10.1. The van der Waals surface area contributed by atoms with Crippen LogP contribution in [-0.4, -0.2) is 19.7 Å². The van der Waals surface area contributed by atoms with E-state index in [0.717, 1.165) is 19.4 Å². The van der Waals surface area contributed by atoms with E-state index in [0.29, 0.717) is 11.5 Å². The number of rotatable bonds is 8. The first-order chi connectivity index (χ1) is 9.48. The third-order valence-corrected chi connectivity index (χ3v) is 3.61. The van der Waals surface area contributed by atoms with Crippen LogP contribution in [0.3, 0.4) is 0 Å². The number of nitrogens with one attached hydrogen (secondary N) is 1. The molecule has 1 aromatic rings. The minimum Gasteiger partial charge on any atom is -0.375 e. The average Bonchev–Trinajstić information content (AvgIpc) is 2.42. The Labute approximate surface area is 124 Å². The molecule has 0 aliphatic heterocycles. The van der Waals surface area contributed by atoms with Crippen LogP contribution in [0, 0.1) is 5.41 Å². The van der Waals surface area contributed by atoms with Crippen molar-refractivity contribution < 1.29 is 4.74 Å². The lowest BCUT2D eigenvalue weighted by molar-refractivity contribution is 0.0608. The lowest BCUT2D eigenvalue weighted by Crippen LogP contribution is -2.37. The molecule has 0 aliphatic rings. The van der Waals surface area contributed by atoms with Gasteiger partial charge in [-0.1, -0.05) is 58.0 Å². The van der Waals surface area contributed by atoms with Crippen molar-refractivity contribution in [2.24, 2.45) is 5.41 Å². The lowest BCUT2D eigenvalue weighted by atomic mass is 9.86. The lowest BCUT2D eigenvalue weighted by Gasteiger charge is -2.30. The maximum atomic E-state index is 5.80. The highest BCUT2D eigenvalue weighted by atomic mass is 16.5. The van der Waals surface area contributed by atoms with E-state index in [1.807, 2.05) is 7.11 Å². The maximum Gasteiger partial charge on any atom is 0.0973 e. The molecule has 2 unspecified atom stereocenters. The zero-order chi connectivity index (χ0) is 15.0. The van der Waals surface area contributed by atoms with Crippen molar-refractivity contribution in [1.82, 2.24) is 5.32 Å². The van der Waals surface area contributed by atoms with E-state index in [2.05, 4.69) is 63.3 Å². The van der Waals surface area contributed by atoms with Crippen LogP contribution in [0.1, 0.15) is 58.6 Å². The van der Waals surface area contributed by atoms with E-state index < -0.39 is 0 Å². The number of hydrogen-bond donors (Lipinski definition) is 1. The van der Waals surface area contributed by atoms with E-state index >= 15 is 0 Å².